The van der Waals surface area contributed by atoms with E-state index in [2.05, 4.69) is 0 Å². The van der Waals surface area contributed by atoms with Gasteiger partial charge < -0.3 is 4.74 Å². The molecule has 0 saturated heterocycles. The molecular weight excluding hydrogens is 233 g/mol. The molecule has 2 nitrogen and oxygen atoms in total. The molecule has 0 bridgehead atoms. The van der Waals surface area contributed by atoms with E-state index in [1.54, 1.807) is 24.3 Å². The predicted octanol–water partition coefficient (Wildman–Crippen LogP) is 3.15. The highest BCUT2D eigenvalue weighted by Crippen LogP contribution is 2.20. The Labute approximate surface area is 97.4 Å². The fourth-order valence-corrected chi connectivity index (χ4v) is 1.39. The molecule has 94 valence electrons. The first-order valence-electron chi connectivity index (χ1n) is 5.16. The number of ether oxygens (including phenoxy) is 1. The Morgan fingerprint density at radius 2 is 1.82 bits per heavy atom. The summed E-state index contributed by atoms with van der Waals surface area (Å²) in [5.74, 6) is -0.967. The Morgan fingerprint density at radius 1 is 1.24 bits per heavy atom. The molecule has 0 N–H and O–H groups in total. The Hall–Kier alpha value is -1.52. The molecule has 0 heterocycles. The smallest absolute Gasteiger partial charge is 0.449 e. The van der Waals surface area contributed by atoms with Crippen molar-refractivity contribution >= 4 is 5.78 Å². The summed E-state index contributed by atoms with van der Waals surface area (Å²) in [5, 5.41) is 0. The van der Waals surface area contributed by atoms with E-state index in [0.29, 0.717) is 12.2 Å². The van der Waals surface area contributed by atoms with Gasteiger partial charge in [0.15, 0.2) is 0 Å². The number of aryl methyl sites for hydroxylation is 1. The van der Waals surface area contributed by atoms with Crippen molar-refractivity contribution in [3.63, 3.8) is 0 Å². The van der Waals surface area contributed by atoms with Gasteiger partial charge in [-0.05, 0) is 30.5 Å². The van der Waals surface area contributed by atoms with E-state index < -0.39 is 18.4 Å². The number of carbonyl (C=O) groups excluding carboxylic acids is 1. The minimum absolute atomic E-state index is 0.199. The van der Waals surface area contributed by atoms with E-state index in [1.807, 2.05) is 0 Å². The molecule has 1 aromatic carbocycles. The van der Waals surface area contributed by atoms with Crippen LogP contribution in [-0.2, 0) is 11.2 Å². The first-order chi connectivity index (χ1) is 7.93. The van der Waals surface area contributed by atoms with Crippen LogP contribution in [0.25, 0.3) is 0 Å². The molecule has 0 aliphatic carbocycles. The Bertz CT molecular complexity index is 368. The first-order valence-corrected chi connectivity index (χ1v) is 5.16. The third kappa shape index (κ3) is 4.46. The van der Waals surface area contributed by atoms with Gasteiger partial charge in [-0.2, -0.15) is 13.2 Å². The van der Waals surface area contributed by atoms with Crippen LogP contribution in [0.2, 0.25) is 0 Å². The minimum Gasteiger partial charge on any atom is -0.497 e. The van der Waals surface area contributed by atoms with Crippen molar-refractivity contribution in [2.45, 2.75) is 25.4 Å². The average Bonchev–Trinajstić information content (AvgIpc) is 2.28. The lowest BCUT2D eigenvalue weighted by Crippen LogP contribution is -2.22. The number of benzene rings is 1. The van der Waals surface area contributed by atoms with Crippen LogP contribution >= 0.6 is 0 Å². The number of carbonyl (C=O) groups is 1. The topological polar surface area (TPSA) is 26.3 Å². The van der Waals surface area contributed by atoms with Crippen molar-refractivity contribution in [3.8, 4) is 5.75 Å². The molecular formula is C12H13F3O2. The largest absolute Gasteiger partial charge is 0.497 e. The van der Waals surface area contributed by atoms with E-state index in [0.717, 1.165) is 5.56 Å². The van der Waals surface area contributed by atoms with E-state index in [-0.39, 0.29) is 6.42 Å². The monoisotopic (exact) mass is 246 g/mol. The second-order valence-corrected chi connectivity index (χ2v) is 3.62. The summed E-state index contributed by atoms with van der Waals surface area (Å²) in [5.41, 5.74) is 0.890. The van der Waals surface area contributed by atoms with Crippen LogP contribution in [0.1, 0.15) is 18.4 Å². The number of hydrogen-bond donors (Lipinski definition) is 0. The maximum atomic E-state index is 11.9. The molecule has 0 radical (unpaired) electrons. The highest BCUT2D eigenvalue weighted by molar-refractivity contribution is 5.83. The molecule has 1 rings (SSSR count). The molecule has 1 aromatic rings. The molecule has 0 saturated carbocycles. The average molecular weight is 246 g/mol. The normalized spacial score (nSPS) is 11.3. The summed E-state index contributed by atoms with van der Waals surface area (Å²) in [6.07, 6.45) is -4.52. The fraction of sp³-hybridized carbons (Fsp3) is 0.417. The molecule has 0 aromatic heterocycles. The molecule has 5 heteroatoms. The van der Waals surface area contributed by atoms with Gasteiger partial charge in [0, 0.05) is 6.42 Å². The van der Waals surface area contributed by atoms with Crippen molar-refractivity contribution in [2.24, 2.45) is 0 Å². The molecule has 0 unspecified atom stereocenters. The molecule has 0 spiro atoms. The lowest BCUT2D eigenvalue weighted by molar-refractivity contribution is -0.171. The van der Waals surface area contributed by atoms with Gasteiger partial charge in [-0.3, -0.25) is 4.79 Å². The second-order valence-electron chi connectivity index (χ2n) is 3.62. The van der Waals surface area contributed by atoms with E-state index in [9.17, 15) is 18.0 Å². The van der Waals surface area contributed by atoms with E-state index in [1.165, 1.54) is 7.11 Å². The first kappa shape index (κ1) is 13.5. The summed E-state index contributed by atoms with van der Waals surface area (Å²) >= 11 is 0. The van der Waals surface area contributed by atoms with E-state index in [4.69, 9.17) is 4.74 Å². The highest BCUT2D eigenvalue weighted by atomic mass is 19.4. The zero-order chi connectivity index (χ0) is 12.9. The standard InChI is InChI=1S/C12H13F3O2/c1-17-10-7-5-9(6-8-10)3-2-4-11(16)12(13,14)15/h5-8H,2-4H2,1H3. The van der Waals surface area contributed by atoms with Crippen LogP contribution in [0.4, 0.5) is 13.2 Å². The zero-order valence-corrected chi connectivity index (χ0v) is 9.38. The van der Waals surface area contributed by atoms with Crippen LogP contribution in [0.15, 0.2) is 24.3 Å². The lowest BCUT2D eigenvalue weighted by atomic mass is 10.1. The molecule has 0 aliphatic rings. The maximum Gasteiger partial charge on any atom is 0.449 e. The summed E-state index contributed by atoms with van der Waals surface area (Å²) < 4.78 is 40.7. The minimum atomic E-state index is -4.71. The fourth-order valence-electron chi connectivity index (χ4n) is 1.39. The second kappa shape index (κ2) is 5.70. The number of Topliss-reactive ketones (excluding diaryl/α,β-unsaturated/α-hetero) is 1. The Morgan fingerprint density at radius 3 is 2.29 bits per heavy atom. The van der Waals surface area contributed by atoms with Gasteiger partial charge in [0.25, 0.3) is 0 Å². The van der Waals surface area contributed by atoms with Crippen LogP contribution < -0.4 is 4.74 Å². The number of rotatable bonds is 5. The number of hydrogen-bond acceptors (Lipinski definition) is 2. The highest BCUT2D eigenvalue weighted by Gasteiger charge is 2.37. The number of halogens is 3. The van der Waals surface area contributed by atoms with Crippen LogP contribution in [0.5, 0.6) is 5.75 Å². The van der Waals surface area contributed by atoms with Gasteiger partial charge in [0.2, 0.25) is 5.78 Å². The third-order valence-corrected chi connectivity index (χ3v) is 2.34. The number of ketones is 1. The maximum absolute atomic E-state index is 11.9. The molecule has 0 amide bonds. The van der Waals surface area contributed by atoms with Crippen molar-refractivity contribution in [3.05, 3.63) is 29.8 Å². The van der Waals surface area contributed by atoms with Gasteiger partial charge in [-0.15, -0.1) is 0 Å². The van der Waals surface area contributed by atoms with Crippen LogP contribution in [0, 0.1) is 0 Å². The van der Waals surface area contributed by atoms with Gasteiger partial charge >= 0.3 is 6.18 Å². The predicted molar refractivity (Wildman–Crippen MR) is 57.0 cm³/mol. The quantitative estimate of drug-likeness (QED) is 0.797. The Balaban J connectivity index is 2.38. The molecule has 0 aliphatic heterocycles. The Kier molecular flexibility index (Phi) is 4.54. The van der Waals surface area contributed by atoms with Crippen LogP contribution in [-0.4, -0.2) is 19.1 Å². The van der Waals surface area contributed by atoms with Crippen molar-refractivity contribution in [2.75, 3.05) is 7.11 Å². The summed E-state index contributed by atoms with van der Waals surface area (Å²) in [7, 11) is 1.54. The zero-order valence-electron chi connectivity index (χ0n) is 9.38. The number of alkyl halides is 3. The summed E-state index contributed by atoms with van der Waals surface area (Å²) in [4.78, 5) is 10.6. The lowest BCUT2D eigenvalue weighted by Gasteiger charge is -2.05. The van der Waals surface area contributed by atoms with E-state index >= 15 is 0 Å². The van der Waals surface area contributed by atoms with Crippen molar-refractivity contribution in [1.29, 1.82) is 0 Å². The van der Waals surface area contributed by atoms with Crippen molar-refractivity contribution < 1.29 is 22.7 Å². The molecule has 0 atom stereocenters. The molecule has 0 fully saturated rings. The third-order valence-electron chi connectivity index (χ3n) is 2.34. The van der Waals surface area contributed by atoms with Crippen LogP contribution in [0.3, 0.4) is 0 Å². The van der Waals surface area contributed by atoms with Crippen molar-refractivity contribution in [1.82, 2.24) is 0 Å². The summed E-state index contributed by atoms with van der Waals surface area (Å²) in [6.45, 7) is 0. The number of methoxy groups -OCH3 is 1. The van der Waals surface area contributed by atoms with Gasteiger partial charge in [0.1, 0.15) is 5.75 Å². The van der Waals surface area contributed by atoms with Gasteiger partial charge in [-0.1, -0.05) is 12.1 Å². The van der Waals surface area contributed by atoms with Gasteiger partial charge in [-0.25, -0.2) is 0 Å². The summed E-state index contributed by atoms with van der Waals surface area (Å²) in [6, 6.07) is 7.02. The SMILES string of the molecule is COc1ccc(CCCC(=O)C(F)(F)F)cc1. The van der Waals surface area contributed by atoms with Gasteiger partial charge in [0.05, 0.1) is 7.11 Å². The molecule has 17 heavy (non-hydrogen) atoms.